The molecule has 164 valence electrons. The van der Waals surface area contributed by atoms with Crippen LogP contribution in [0.25, 0.3) is 0 Å². The van der Waals surface area contributed by atoms with Crippen molar-refractivity contribution in [1.82, 2.24) is 20.5 Å². The quantitative estimate of drug-likeness (QED) is 0.495. The first-order chi connectivity index (χ1) is 15.0. The van der Waals surface area contributed by atoms with Gasteiger partial charge >= 0.3 is 0 Å². The first kappa shape index (κ1) is 21.3. The van der Waals surface area contributed by atoms with E-state index < -0.39 is 6.10 Å². The first-order valence-corrected chi connectivity index (χ1v) is 10.7. The van der Waals surface area contributed by atoms with Crippen LogP contribution in [0, 0.1) is 0 Å². The summed E-state index contributed by atoms with van der Waals surface area (Å²) in [6.07, 6.45) is 2.84. The average molecular weight is 424 g/mol. The molecule has 2 aromatic rings. The number of fused-ring (bicyclic) bond motifs is 1. The zero-order valence-corrected chi connectivity index (χ0v) is 17.7. The molecule has 1 aromatic heterocycles. The number of nitrogens with zero attached hydrogens (tertiary/aromatic N) is 2. The fraction of sp³-hybridized carbons (Fsp3) is 0.435. The van der Waals surface area contributed by atoms with Crippen LogP contribution in [-0.2, 0) is 17.6 Å². The highest BCUT2D eigenvalue weighted by Crippen LogP contribution is 2.21. The Balaban J connectivity index is 1.19. The van der Waals surface area contributed by atoms with Crippen molar-refractivity contribution in [3.63, 3.8) is 0 Å². The lowest BCUT2D eigenvalue weighted by atomic mass is 10.1. The van der Waals surface area contributed by atoms with E-state index in [9.17, 15) is 14.7 Å². The molecule has 2 amide bonds. The van der Waals surface area contributed by atoms with Gasteiger partial charge in [-0.05, 0) is 36.1 Å². The predicted octanol–water partition coefficient (Wildman–Crippen LogP) is 0.572. The number of benzene rings is 1. The number of aliphatic hydroxyl groups excluding tert-OH is 1. The molecule has 0 bridgehead atoms. The van der Waals surface area contributed by atoms with Gasteiger partial charge in [0, 0.05) is 50.9 Å². The van der Waals surface area contributed by atoms with Gasteiger partial charge in [0.15, 0.2) is 0 Å². The Morgan fingerprint density at radius 1 is 1.13 bits per heavy atom. The first-order valence-electron chi connectivity index (χ1n) is 10.7. The van der Waals surface area contributed by atoms with Crippen molar-refractivity contribution in [2.45, 2.75) is 38.0 Å². The SMILES string of the molecule is CC(=O)N1CC(Nc2cc(C(=O)NC[C@@H](O)CNC3Cc4ccccc4C3)ccn2)C1. The molecule has 0 radical (unpaired) electrons. The van der Waals surface area contributed by atoms with Crippen molar-refractivity contribution in [1.29, 1.82) is 0 Å². The second-order valence-electron chi connectivity index (χ2n) is 8.34. The molecule has 1 aliphatic carbocycles. The Morgan fingerprint density at radius 3 is 2.52 bits per heavy atom. The van der Waals surface area contributed by atoms with Crippen LogP contribution in [0.15, 0.2) is 42.6 Å². The van der Waals surface area contributed by atoms with Crippen molar-refractivity contribution in [2.24, 2.45) is 0 Å². The minimum Gasteiger partial charge on any atom is -0.390 e. The number of carbonyl (C=O) groups is 2. The molecule has 4 rings (SSSR count). The monoisotopic (exact) mass is 423 g/mol. The van der Waals surface area contributed by atoms with Gasteiger partial charge in [-0.15, -0.1) is 0 Å². The highest BCUT2D eigenvalue weighted by molar-refractivity contribution is 5.94. The smallest absolute Gasteiger partial charge is 0.251 e. The molecule has 4 N–H and O–H groups in total. The van der Waals surface area contributed by atoms with E-state index in [4.69, 9.17) is 0 Å². The van der Waals surface area contributed by atoms with Gasteiger partial charge in [-0.1, -0.05) is 24.3 Å². The van der Waals surface area contributed by atoms with Crippen molar-refractivity contribution in [3.05, 3.63) is 59.3 Å². The van der Waals surface area contributed by atoms with Crippen molar-refractivity contribution in [3.8, 4) is 0 Å². The van der Waals surface area contributed by atoms with E-state index in [1.165, 1.54) is 11.1 Å². The van der Waals surface area contributed by atoms with Crippen LogP contribution in [0.3, 0.4) is 0 Å². The van der Waals surface area contributed by atoms with E-state index in [0.29, 0.717) is 37.1 Å². The second-order valence-corrected chi connectivity index (χ2v) is 8.34. The summed E-state index contributed by atoms with van der Waals surface area (Å²) in [4.78, 5) is 29.7. The number of amides is 2. The van der Waals surface area contributed by atoms with Crippen LogP contribution in [0.4, 0.5) is 5.82 Å². The number of likely N-dealkylation sites (tertiary alicyclic amines) is 1. The van der Waals surface area contributed by atoms with Gasteiger partial charge in [-0.3, -0.25) is 9.59 Å². The van der Waals surface area contributed by atoms with Gasteiger partial charge in [0.05, 0.1) is 12.1 Å². The third kappa shape index (κ3) is 5.39. The highest BCUT2D eigenvalue weighted by atomic mass is 16.3. The molecular formula is C23H29N5O3. The molecule has 31 heavy (non-hydrogen) atoms. The summed E-state index contributed by atoms with van der Waals surface area (Å²) in [7, 11) is 0. The van der Waals surface area contributed by atoms with E-state index in [2.05, 4.69) is 45.2 Å². The van der Waals surface area contributed by atoms with E-state index in [0.717, 1.165) is 12.8 Å². The summed E-state index contributed by atoms with van der Waals surface area (Å²) in [5.41, 5.74) is 3.20. The average Bonchev–Trinajstić information content (AvgIpc) is 3.15. The van der Waals surface area contributed by atoms with E-state index in [1.54, 1.807) is 30.2 Å². The molecule has 1 aromatic carbocycles. The number of rotatable bonds is 8. The Kier molecular flexibility index (Phi) is 6.48. The Bertz CT molecular complexity index is 919. The summed E-state index contributed by atoms with van der Waals surface area (Å²) < 4.78 is 0. The molecule has 2 heterocycles. The fourth-order valence-corrected chi connectivity index (χ4v) is 4.08. The Hall–Kier alpha value is -2.97. The summed E-state index contributed by atoms with van der Waals surface area (Å²) in [6, 6.07) is 12.2. The molecule has 0 saturated carbocycles. The standard InChI is InChI=1S/C23H29N5O3/c1-15(29)28-13-20(14-28)27-22-10-18(6-7-24-22)23(31)26-12-21(30)11-25-19-8-16-4-2-3-5-17(16)9-19/h2-7,10,19-21,25,30H,8-9,11-14H2,1H3,(H,24,27)(H,26,31)/t21-/m0/s1. The van der Waals surface area contributed by atoms with Crippen LogP contribution in [0.5, 0.6) is 0 Å². The summed E-state index contributed by atoms with van der Waals surface area (Å²) in [5, 5.41) is 19.7. The third-order valence-corrected chi connectivity index (χ3v) is 5.89. The number of carbonyl (C=O) groups excluding carboxylic acids is 2. The van der Waals surface area contributed by atoms with Gasteiger partial charge in [0.2, 0.25) is 5.91 Å². The van der Waals surface area contributed by atoms with E-state index >= 15 is 0 Å². The lowest BCUT2D eigenvalue weighted by Gasteiger charge is -2.39. The maximum atomic E-state index is 12.5. The second kappa shape index (κ2) is 9.45. The van der Waals surface area contributed by atoms with E-state index in [1.807, 2.05) is 0 Å². The lowest BCUT2D eigenvalue weighted by molar-refractivity contribution is -0.132. The van der Waals surface area contributed by atoms with Crippen molar-refractivity contribution >= 4 is 17.6 Å². The van der Waals surface area contributed by atoms with Crippen molar-refractivity contribution < 1.29 is 14.7 Å². The largest absolute Gasteiger partial charge is 0.390 e. The zero-order valence-electron chi connectivity index (χ0n) is 17.7. The van der Waals surface area contributed by atoms with Gasteiger partial charge < -0.3 is 26.0 Å². The number of aromatic nitrogens is 1. The van der Waals surface area contributed by atoms with Crippen LogP contribution in [0.2, 0.25) is 0 Å². The molecule has 1 saturated heterocycles. The van der Waals surface area contributed by atoms with Crippen LogP contribution >= 0.6 is 0 Å². The lowest BCUT2D eigenvalue weighted by Crippen LogP contribution is -2.56. The summed E-state index contributed by atoms with van der Waals surface area (Å²) in [6.45, 7) is 3.43. The number of aliphatic hydroxyl groups is 1. The Morgan fingerprint density at radius 2 is 1.84 bits per heavy atom. The fourth-order valence-electron chi connectivity index (χ4n) is 4.08. The molecule has 1 aliphatic heterocycles. The molecule has 0 unspecified atom stereocenters. The molecule has 8 heteroatoms. The molecule has 8 nitrogen and oxygen atoms in total. The van der Waals surface area contributed by atoms with Crippen LogP contribution in [-0.4, -0.2) is 71.2 Å². The van der Waals surface area contributed by atoms with Gasteiger partial charge in [-0.25, -0.2) is 4.98 Å². The van der Waals surface area contributed by atoms with Crippen LogP contribution < -0.4 is 16.0 Å². The molecule has 1 atom stereocenters. The number of nitrogens with one attached hydrogen (secondary N) is 3. The number of pyridine rings is 1. The molecule has 1 fully saturated rings. The minimum atomic E-state index is -0.667. The third-order valence-electron chi connectivity index (χ3n) is 5.89. The Labute approximate surface area is 182 Å². The molecule has 0 spiro atoms. The van der Waals surface area contributed by atoms with E-state index in [-0.39, 0.29) is 24.4 Å². The number of hydrogen-bond donors (Lipinski definition) is 4. The van der Waals surface area contributed by atoms with Crippen molar-refractivity contribution in [2.75, 3.05) is 31.5 Å². The molecular weight excluding hydrogens is 394 g/mol. The summed E-state index contributed by atoms with van der Waals surface area (Å²) >= 11 is 0. The topological polar surface area (TPSA) is 107 Å². The van der Waals surface area contributed by atoms with Gasteiger partial charge in [-0.2, -0.15) is 0 Å². The maximum absolute atomic E-state index is 12.5. The van der Waals surface area contributed by atoms with Gasteiger partial charge in [0.1, 0.15) is 5.82 Å². The summed E-state index contributed by atoms with van der Waals surface area (Å²) in [5.74, 6) is 0.408. The molecule has 2 aliphatic rings. The number of hydrogen-bond acceptors (Lipinski definition) is 6. The minimum absolute atomic E-state index is 0.0599. The predicted molar refractivity (Wildman–Crippen MR) is 118 cm³/mol. The zero-order chi connectivity index (χ0) is 21.8. The maximum Gasteiger partial charge on any atom is 0.251 e. The van der Waals surface area contributed by atoms with Gasteiger partial charge in [0.25, 0.3) is 5.91 Å². The highest BCUT2D eigenvalue weighted by Gasteiger charge is 2.28. The normalized spacial score (nSPS) is 17.0. The number of anilines is 1. The van der Waals surface area contributed by atoms with Crippen LogP contribution in [0.1, 0.15) is 28.4 Å².